The molecule has 0 bridgehead atoms. The molecule has 1 aliphatic heterocycles. The third-order valence-corrected chi connectivity index (χ3v) is 6.37. The van der Waals surface area contributed by atoms with Crippen molar-refractivity contribution in [1.29, 1.82) is 0 Å². The molecule has 0 saturated carbocycles. The Morgan fingerprint density at radius 1 is 1.28 bits per heavy atom. The Kier molecular flexibility index (Phi) is 4.76. The number of piperidine rings is 1. The molecular formula is C20H22N6O2S. The highest BCUT2D eigenvalue weighted by atomic mass is 32.1. The minimum Gasteiger partial charge on any atom is -0.338 e. The summed E-state index contributed by atoms with van der Waals surface area (Å²) >= 11 is 1.60. The summed E-state index contributed by atoms with van der Waals surface area (Å²) in [7, 11) is 0. The van der Waals surface area contributed by atoms with E-state index >= 15 is 0 Å². The summed E-state index contributed by atoms with van der Waals surface area (Å²) in [5, 5.41) is 10.6. The number of likely N-dealkylation sites (tertiary alicyclic amines) is 1. The Morgan fingerprint density at radius 3 is 3.03 bits per heavy atom. The van der Waals surface area contributed by atoms with Crippen molar-refractivity contribution in [3.63, 3.8) is 0 Å². The lowest BCUT2D eigenvalue weighted by Gasteiger charge is -2.31. The quantitative estimate of drug-likeness (QED) is 0.503. The van der Waals surface area contributed by atoms with Crippen molar-refractivity contribution >= 4 is 16.9 Å². The molecule has 1 saturated heterocycles. The first-order valence-electron chi connectivity index (χ1n) is 9.85. The maximum Gasteiger partial charge on any atom is 0.277 e. The molecule has 0 aliphatic carbocycles. The highest BCUT2D eigenvalue weighted by Gasteiger charge is 2.21. The molecule has 0 radical (unpaired) electrons. The van der Waals surface area contributed by atoms with E-state index in [1.54, 1.807) is 32.8 Å². The van der Waals surface area contributed by atoms with E-state index in [2.05, 4.69) is 27.1 Å². The molecule has 9 heteroatoms. The molecule has 1 atom stereocenters. The van der Waals surface area contributed by atoms with Crippen LogP contribution in [0.25, 0.3) is 16.1 Å². The number of aromatic nitrogens is 5. The van der Waals surface area contributed by atoms with E-state index in [4.69, 9.17) is 4.52 Å². The molecule has 5 heterocycles. The van der Waals surface area contributed by atoms with Gasteiger partial charge in [0.25, 0.3) is 5.56 Å². The molecule has 1 unspecified atom stereocenters. The average molecular weight is 411 g/mol. The Morgan fingerprint density at radius 2 is 2.21 bits per heavy atom. The van der Waals surface area contributed by atoms with Gasteiger partial charge < -0.3 is 9.09 Å². The van der Waals surface area contributed by atoms with Gasteiger partial charge in [0.2, 0.25) is 5.89 Å². The minimum absolute atomic E-state index is 0.126. The smallest absolute Gasteiger partial charge is 0.277 e. The van der Waals surface area contributed by atoms with E-state index < -0.39 is 0 Å². The number of hydrogen-bond acceptors (Lipinski definition) is 7. The molecule has 0 amide bonds. The fraction of sp³-hybridized carbons (Fsp3) is 0.400. The number of thiophene rings is 1. The lowest BCUT2D eigenvalue weighted by Crippen LogP contribution is -2.36. The standard InChI is InChI=1S/C20H22N6O2S/c1-14-5-2-3-7-24(14)13-19-21-18(23-28-19)12-25-8-9-26-16(20(25)27)11-15(22-26)17-6-4-10-29-17/h4,6,8-11,14H,2-3,5,7,12-13H2,1H3. The van der Waals surface area contributed by atoms with Gasteiger partial charge in [0, 0.05) is 18.4 Å². The molecule has 0 N–H and O–H groups in total. The zero-order chi connectivity index (χ0) is 19.8. The zero-order valence-electron chi connectivity index (χ0n) is 16.2. The number of nitrogens with zero attached hydrogens (tertiary/aromatic N) is 6. The van der Waals surface area contributed by atoms with Crippen LogP contribution in [0, 0.1) is 0 Å². The Bertz CT molecular complexity index is 1180. The van der Waals surface area contributed by atoms with Crippen molar-refractivity contribution in [2.75, 3.05) is 6.54 Å². The number of hydrogen-bond donors (Lipinski definition) is 0. The van der Waals surface area contributed by atoms with Crippen LogP contribution in [0.2, 0.25) is 0 Å². The van der Waals surface area contributed by atoms with Crippen LogP contribution in [-0.4, -0.2) is 41.8 Å². The Hall–Kier alpha value is -2.78. The topological polar surface area (TPSA) is 81.5 Å². The molecule has 1 aliphatic rings. The van der Waals surface area contributed by atoms with Crippen LogP contribution < -0.4 is 5.56 Å². The Balaban J connectivity index is 1.36. The predicted molar refractivity (Wildman–Crippen MR) is 110 cm³/mol. The fourth-order valence-electron chi connectivity index (χ4n) is 3.83. The van der Waals surface area contributed by atoms with Crippen LogP contribution in [0.15, 0.2) is 45.3 Å². The van der Waals surface area contributed by atoms with Crippen LogP contribution in [0.4, 0.5) is 0 Å². The Labute approximate surface area is 171 Å². The fourth-order valence-corrected chi connectivity index (χ4v) is 4.51. The second-order valence-corrected chi connectivity index (χ2v) is 8.44. The largest absolute Gasteiger partial charge is 0.338 e. The summed E-state index contributed by atoms with van der Waals surface area (Å²) in [6.45, 7) is 4.23. The van der Waals surface area contributed by atoms with E-state index in [-0.39, 0.29) is 12.1 Å². The lowest BCUT2D eigenvalue weighted by atomic mass is 10.0. The van der Waals surface area contributed by atoms with E-state index in [0.29, 0.717) is 29.8 Å². The zero-order valence-corrected chi connectivity index (χ0v) is 17.0. The highest BCUT2D eigenvalue weighted by Crippen LogP contribution is 2.23. The van der Waals surface area contributed by atoms with Gasteiger partial charge in [0.15, 0.2) is 5.82 Å². The summed E-state index contributed by atoms with van der Waals surface area (Å²) < 4.78 is 8.64. The maximum atomic E-state index is 12.9. The van der Waals surface area contributed by atoms with Gasteiger partial charge in [-0.1, -0.05) is 17.6 Å². The molecular weight excluding hydrogens is 388 g/mol. The van der Waals surface area contributed by atoms with Gasteiger partial charge in [0.05, 0.1) is 18.0 Å². The van der Waals surface area contributed by atoms with E-state index in [1.165, 1.54) is 19.3 Å². The van der Waals surface area contributed by atoms with Crippen LogP contribution in [0.5, 0.6) is 0 Å². The number of fused-ring (bicyclic) bond motifs is 1. The van der Waals surface area contributed by atoms with Crippen molar-refractivity contribution in [3.8, 4) is 10.6 Å². The molecule has 4 aromatic rings. The van der Waals surface area contributed by atoms with Crippen molar-refractivity contribution < 1.29 is 4.52 Å². The lowest BCUT2D eigenvalue weighted by molar-refractivity contribution is 0.135. The van der Waals surface area contributed by atoms with Gasteiger partial charge in [-0.15, -0.1) is 11.3 Å². The van der Waals surface area contributed by atoms with Gasteiger partial charge in [-0.2, -0.15) is 10.1 Å². The van der Waals surface area contributed by atoms with Crippen molar-refractivity contribution in [2.24, 2.45) is 0 Å². The van der Waals surface area contributed by atoms with Gasteiger partial charge in [-0.3, -0.25) is 9.69 Å². The molecule has 29 heavy (non-hydrogen) atoms. The number of rotatable bonds is 5. The molecule has 150 valence electrons. The summed E-state index contributed by atoms with van der Waals surface area (Å²) in [6.07, 6.45) is 7.18. The molecule has 1 fully saturated rings. The minimum atomic E-state index is -0.126. The van der Waals surface area contributed by atoms with Crippen molar-refractivity contribution in [2.45, 2.75) is 45.3 Å². The first-order valence-corrected chi connectivity index (χ1v) is 10.7. The third-order valence-electron chi connectivity index (χ3n) is 5.48. The maximum absolute atomic E-state index is 12.9. The molecule has 5 rings (SSSR count). The van der Waals surface area contributed by atoms with Crippen molar-refractivity contribution in [1.82, 2.24) is 29.2 Å². The van der Waals surface area contributed by atoms with Gasteiger partial charge in [0.1, 0.15) is 11.2 Å². The van der Waals surface area contributed by atoms with Crippen LogP contribution in [-0.2, 0) is 13.1 Å². The van der Waals surface area contributed by atoms with Gasteiger partial charge >= 0.3 is 0 Å². The summed E-state index contributed by atoms with van der Waals surface area (Å²) in [5.41, 5.74) is 1.20. The summed E-state index contributed by atoms with van der Waals surface area (Å²) in [6, 6.07) is 6.32. The SMILES string of the molecule is CC1CCCCN1Cc1nc(Cn2ccn3nc(-c4cccs4)cc3c2=O)no1. The predicted octanol–water partition coefficient (Wildman–Crippen LogP) is 3.03. The van der Waals surface area contributed by atoms with E-state index in [9.17, 15) is 4.79 Å². The molecule has 0 aromatic carbocycles. The van der Waals surface area contributed by atoms with Gasteiger partial charge in [-0.25, -0.2) is 4.52 Å². The van der Waals surface area contributed by atoms with Crippen LogP contribution >= 0.6 is 11.3 Å². The monoisotopic (exact) mass is 410 g/mol. The molecule has 4 aromatic heterocycles. The summed E-state index contributed by atoms with van der Waals surface area (Å²) in [5.74, 6) is 1.11. The molecule has 0 spiro atoms. The van der Waals surface area contributed by atoms with Crippen molar-refractivity contribution in [3.05, 3.63) is 58.0 Å². The second-order valence-electron chi connectivity index (χ2n) is 7.49. The highest BCUT2D eigenvalue weighted by molar-refractivity contribution is 7.13. The first-order chi connectivity index (χ1) is 14.2. The third kappa shape index (κ3) is 3.63. The van der Waals surface area contributed by atoms with E-state index in [1.807, 2.05) is 23.6 Å². The van der Waals surface area contributed by atoms with Crippen LogP contribution in [0.1, 0.15) is 37.9 Å². The second kappa shape index (κ2) is 7.57. The first kappa shape index (κ1) is 18.3. The summed E-state index contributed by atoms with van der Waals surface area (Å²) in [4.78, 5) is 20.8. The average Bonchev–Trinajstić information content (AvgIpc) is 3.46. The van der Waals surface area contributed by atoms with E-state index in [0.717, 1.165) is 17.1 Å². The molecule has 8 nitrogen and oxygen atoms in total. The normalized spacial score (nSPS) is 17.9. The van der Waals surface area contributed by atoms with Gasteiger partial charge in [-0.05, 0) is 43.8 Å². The van der Waals surface area contributed by atoms with Crippen LogP contribution in [0.3, 0.4) is 0 Å².